The summed E-state index contributed by atoms with van der Waals surface area (Å²) in [6, 6.07) is 0. The number of rotatable bonds is 1. The van der Waals surface area contributed by atoms with E-state index in [1.54, 1.807) is 31.4 Å². The molecule has 6 nitrogen and oxygen atoms in total. The molecule has 1 aliphatic carbocycles. The standard InChI is InChI=1S/C9H11O3.3CH2O.4BF4.Fe/c1-11-8-5-3-7(4-6-8)9(10)12-2;3*1-2;4*2-1(3,4)5;/h3-7H,1-2H3;3*1H2;;;;;/q+1;;;;4*-1;+3. The smallest absolute Gasteiger partial charge is 0.468 e. The number of ketones is 1. The van der Waals surface area contributed by atoms with Crippen LogP contribution in [0.1, 0.15) is 0 Å². The molecule has 0 N–H and O–H groups in total. The first-order valence-corrected chi connectivity index (χ1v) is 7.99. The molecule has 0 saturated carbocycles. The van der Waals surface area contributed by atoms with Crippen molar-refractivity contribution < 1.29 is 114 Å². The second-order valence-electron chi connectivity index (χ2n) is 4.35. The topological polar surface area (TPSA) is 88.8 Å². The molecule has 0 bridgehead atoms. The largest absolute Gasteiger partial charge is 3.00 e. The maximum absolute atomic E-state index is 11.0. The van der Waals surface area contributed by atoms with E-state index >= 15 is 0 Å². The van der Waals surface area contributed by atoms with E-state index in [4.69, 9.17) is 18.8 Å². The van der Waals surface area contributed by atoms with Gasteiger partial charge in [0.25, 0.3) is 7.11 Å². The first-order chi connectivity index (χ1) is 16.8. The van der Waals surface area contributed by atoms with Gasteiger partial charge in [-0.3, -0.25) is 9.22 Å². The van der Waals surface area contributed by atoms with Crippen LogP contribution in [0, 0.1) is 5.92 Å². The number of ether oxygens (including phenoxy) is 1. The molecule has 0 aromatic heterocycles. The van der Waals surface area contributed by atoms with E-state index in [0.717, 1.165) is 5.78 Å². The number of halogens is 16. The summed E-state index contributed by atoms with van der Waals surface area (Å²) in [5, 5.41) is 0. The van der Waals surface area contributed by atoms with Crippen LogP contribution in [0.25, 0.3) is 0 Å². The summed E-state index contributed by atoms with van der Waals surface area (Å²) in [5.74, 6) is 0.224. The first kappa shape index (κ1) is 56.5. The van der Waals surface area contributed by atoms with Gasteiger partial charge >= 0.3 is 57.8 Å². The predicted octanol–water partition coefficient (Wildman–Crippen LogP) is 5.28. The van der Waals surface area contributed by atoms with Crippen LogP contribution in [0.15, 0.2) is 24.3 Å². The van der Waals surface area contributed by atoms with Gasteiger partial charge in [0, 0.05) is 12.2 Å². The van der Waals surface area contributed by atoms with E-state index in [1.807, 2.05) is 20.4 Å². The summed E-state index contributed by atoms with van der Waals surface area (Å²) >= 11 is 0. The van der Waals surface area contributed by atoms with E-state index in [9.17, 15) is 73.8 Å². The monoisotopic (exact) mass is 661 g/mol. The van der Waals surface area contributed by atoms with E-state index < -0.39 is 29.0 Å². The van der Waals surface area contributed by atoms with Crippen LogP contribution >= 0.6 is 0 Å². The van der Waals surface area contributed by atoms with Crippen molar-refractivity contribution in [3.05, 3.63) is 24.3 Å². The zero-order chi connectivity index (χ0) is 33.0. The number of esters is 1. The molecule has 0 spiro atoms. The number of methoxy groups -OCH3 is 1. The van der Waals surface area contributed by atoms with Gasteiger partial charge < -0.3 is 88.2 Å². The number of hydrogen-bond donors (Lipinski definition) is 0. The van der Waals surface area contributed by atoms with Crippen LogP contribution in [0.5, 0.6) is 0 Å². The molecule has 0 aromatic rings. The molecule has 0 atom stereocenters. The minimum Gasteiger partial charge on any atom is -0.468 e. The minimum atomic E-state index is -6.00. The number of carbonyl (C=O) groups is 4. The minimum absolute atomic E-state index is 0. The summed E-state index contributed by atoms with van der Waals surface area (Å²) in [4.78, 5) is 35.0. The molecule has 0 aliphatic heterocycles. The summed E-state index contributed by atoms with van der Waals surface area (Å²) in [6.45, 7) is 6.00. The molecule has 233 valence electrons. The Balaban J connectivity index is -0.0000000515. The van der Waals surface area contributed by atoms with Gasteiger partial charge in [-0.1, -0.05) is 12.2 Å². The van der Waals surface area contributed by atoms with E-state index in [-0.39, 0.29) is 29.0 Å². The molecule has 0 heterocycles. The van der Waals surface area contributed by atoms with Crippen LogP contribution in [0.2, 0.25) is 0 Å². The average Bonchev–Trinajstić information content (AvgIpc) is 2.73. The summed E-state index contributed by atoms with van der Waals surface area (Å²) in [6.07, 6.45) is 6.98. The molecule has 1 radical (unpaired) electrons. The van der Waals surface area contributed by atoms with Gasteiger partial charge in [0.05, 0.1) is 13.0 Å². The Hall–Kier alpha value is -2.71. The quantitative estimate of drug-likeness (QED) is 0.166. The zero-order valence-electron chi connectivity index (χ0n) is 19.2. The van der Waals surface area contributed by atoms with Crippen molar-refractivity contribution in [2.45, 2.75) is 0 Å². The first-order valence-electron chi connectivity index (χ1n) is 7.99. The number of hydrogen-bond acceptors (Lipinski definition) is 5. The van der Waals surface area contributed by atoms with Crippen molar-refractivity contribution in [2.24, 2.45) is 5.92 Å². The molecule has 0 fully saturated rings. The van der Waals surface area contributed by atoms with Crippen LogP contribution in [-0.4, -0.2) is 75.4 Å². The molecular formula is C12H17B4F16FeO6. The number of carbonyl (C=O) groups excluding carboxylic acids is 5. The molecular weight excluding hydrogens is 643 g/mol. The third kappa shape index (κ3) is 167. The van der Waals surface area contributed by atoms with Crippen molar-refractivity contribution in [1.29, 1.82) is 0 Å². The zero-order valence-corrected chi connectivity index (χ0v) is 20.3. The average molecular weight is 660 g/mol. The fourth-order valence-corrected chi connectivity index (χ4v) is 0.946. The maximum Gasteiger partial charge on any atom is 3.00 e. The Morgan fingerprint density at radius 3 is 0.949 bits per heavy atom. The predicted molar refractivity (Wildman–Crippen MR) is 107 cm³/mol. The van der Waals surface area contributed by atoms with Crippen molar-refractivity contribution >= 4 is 61.1 Å². The van der Waals surface area contributed by atoms with Crippen molar-refractivity contribution in [2.75, 3.05) is 14.2 Å². The van der Waals surface area contributed by atoms with Crippen LogP contribution < -0.4 is 0 Å². The normalized spacial score (nSPS) is 12.9. The molecule has 39 heavy (non-hydrogen) atoms. The van der Waals surface area contributed by atoms with Gasteiger partial charge in [0.2, 0.25) is 0 Å². The molecule has 1 aliphatic rings. The maximum atomic E-state index is 11.0. The Kier molecular flexibility index (Phi) is 45.6. The van der Waals surface area contributed by atoms with Gasteiger partial charge in [-0.15, -0.1) is 0 Å². The Labute approximate surface area is 220 Å². The molecule has 27 heteroatoms. The van der Waals surface area contributed by atoms with Crippen LogP contribution in [0.4, 0.5) is 69.1 Å². The molecule has 0 saturated heterocycles. The third-order valence-electron chi connectivity index (χ3n) is 1.64. The fraction of sp³-hybridized carbons (Fsp3) is 0.250. The van der Waals surface area contributed by atoms with E-state index in [1.165, 1.54) is 7.11 Å². The van der Waals surface area contributed by atoms with Gasteiger partial charge in [0.1, 0.15) is 20.4 Å². The Morgan fingerprint density at radius 1 is 0.641 bits per heavy atom. The number of allylic oxidation sites excluding steroid dienone is 2. The van der Waals surface area contributed by atoms with E-state index in [2.05, 4.69) is 4.74 Å². The Morgan fingerprint density at radius 2 is 0.821 bits per heavy atom. The summed E-state index contributed by atoms with van der Waals surface area (Å²) in [7, 11) is -21.0. The van der Waals surface area contributed by atoms with Crippen LogP contribution in [0.3, 0.4) is 0 Å². The van der Waals surface area contributed by atoms with E-state index in [0.29, 0.717) is 0 Å². The van der Waals surface area contributed by atoms with Gasteiger partial charge in [-0.05, 0) is 0 Å². The van der Waals surface area contributed by atoms with Crippen molar-refractivity contribution in [3.63, 3.8) is 0 Å². The third-order valence-corrected chi connectivity index (χ3v) is 1.64. The Bertz CT molecular complexity index is 563. The molecule has 1 rings (SSSR count). The van der Waals surface area contributed by atoms with Crippen molar-refractivity contribution in [1.82, 2.24) is 0 Å². The van der Waals surface area contributed by atoms with Crippen molar-refractivity contribution in [3.8, 4) is 0 Å². The SMILES string of the molecule is C=O.C=O.C=O.COC(=O)C1C=CC(=[O+]C)C=C1.F[B-](F)(F)F.F[B-](F)(F)F.F[B-](F)(F)F.F[B-](F)(F)F.[Fe+3]. The molecule has 0 aromatic carbocycles. The second kappa shape index (κ2) is 31.5. The van der Waals surface area contributed by atoms with Gasteiger partial charge in [-0.2, -0.15) is 0 Å². The van der Waals surface area contributed by atoms with Crippen LogP contribution in [-0.2, 0) is 45.4 Å². The summed E-state index contributed by atoms with van der Waals surface area (Å²) < 4.78 is 166. The fourth-order valence-electron chi connectivity index (χ4n) is 0.946. The molecule has 0 amide bonds. The van der Waals surface area contributed by atoms with Gasteiger partial charge in [-0.25, -0.2) is 0 Å². The molecule has 0 unspecified atom stereocenters. The second-order valence-corrected chi connectivity index (χ2v) is 4.35. The van der Waals surface area contributed by atoms with Gasteiger partial charge in [0.15, 0.2) is 0 Å². The summed E-state index contributed by atoms with van der Waals surface area (Å²) in [5.41, 5.74) is 0.